The van der Waals surface area contributed by atoms with E-state index in [1.165, 1.54) is 46.6 Å². The molecule has 0 aliphatic carbocycles. The van der Waals surface area contributed by atoms with Crippen LogP contribution >= 0.6 is 22.9 Å². The Labute approximate surface area is 183 Å². The molecular weight excluding hydrogens is 442 g/mol. The van der Waals surface area contributed by atoms with Crippen LogP contribution in [-0.2, 0) is 0 Å². The molecule has 1 amide bonds. The number of aryl methyl sites for hydroxylation is 1. The van der Waals surface area contributed by atoms with Crippen LogP contribution in [0.25, 0.3) is 11.0 Å². The molecule has 0 N–H and O–H groups in total. The van der Waals surface area contributed by atoms with Gasteiger partial charge in [0.1, 0.15) is 5.58 Å². The second kappa shape index (κ2) is 7.00. The van der Waals surface area contributed by atoms with E-state index in [0.717, 1.165) is 0 Å². The highest BCUT2D eigenvalue weighted by atomic mass is 35.5. The van der Waals surface area contributed by atoms with Gasteiger partial charge >= 0.3 is 0 Å². The highest BCUT2D eigenvalue weighted by molar-refractivity contribution is 7.13. The molecule has 1 atom stereocenters. The Morgan fingerprint density at radius 1 is 1.23 bits per heavy atom. The third-order valence-electron chi connectivity index (χ3n) is 5.20. The number of carbonyl (C=O) groups is 1. The molecular formula is C21H12ClN3O5S. The molecule has 4 aromatic rings. The first-order valence-electron chi connectivity index (χ1n) is 9.11. The first-order chi connectivity index (χ1) is 14.9. The zero-order valence-electron chi connectivity index (χ0n) is 15.9. The summed E-state index contributed by atoms with van der Waals surface area (Å²) >= 11 is 7.46. The lowest BCUT2D eigenvalue weighted by molar-refractivity contribution is -0.384. The van der Waals surface area contributed by atoms with Crippen molar-refractivity contribution in [1.29, 1.82) is 0 Å². The number of hydrogen-bond acceptors (Lipinski definition) is 7. The molecule has 154 valence electrons. The van der Waals surface area contributed by atoms with Crippen molar-refractivity contribution >= 4 is 50.6 Å². The normalized spacial score (nSPS) is 15.5. The fourth-order valence-corrected chi connectivity index (χ4v) is 4.55. The van der Waals surface area contributed by atoms with Crippen molar-refractivity contribution in [3.8, 4) is 0 Å². The van der Waals surface area contributed by atoms with Gasteiger partial charge in [-0.2, -0.15) is 0 Å². The van der Waals surface area contributed by atoms with Crippen molar-refractivity contribution in [3.05, 3.63) is 95.8 Å². The Morgan fingerprint density at radius 3 is 2.61 bits per heavy atom. The van der Waals surface area contributed by atoms with Gasteiger partial charge in [0.15, 0.2) is 10.6 Å². The Hall–Kier alpha value is -3.56. The van der Waals surface area contributed by atoms with Gasteiger partial charge in [0.25, 0.3) is 11.6 Å². The van der Waals surface area contributed by atoms with Crippen LogP contribution in [0, 0.1) is 17.0 Å². The number of non-ortho nitro benzene ring substituents is 1. The van der Waals surface area contributed by atoms with Crippen molar-refractivity contribution in [2.45, 2.75) is 13.0 Å². The molecule has 31 heavy (non-hydrogen) atoms. The van der Waals surface area contributed by atoms with Gasteiger partial charge in [-0.15, -0.1) is 11.3 Å². The highest BCUT2D eigenvalue weighted by Crippen LogP contribution is 2.42. The summed E-state index contributed by atoms with van der Waals surface area (Å²) in [5.74, 6) is -0.572. The number of aromatic nitrogens is 1. The number of anilines is 1. The van der Waals surface area contributed by atoms with Gasteiger partial charge in [0.2, 0.25) is 5.76 Å². The number of nitro groups is 1. The molecule has 2 aromatic heterocycles. The van der Waals surface area contributed by atoms with Gasteiger partial charge in [-0.1, -0.05) is 11.6 Å². The molecule has 2 aromatic carbocycles. The van der Waals surface area contributed by atoms with Crippen molar-refractivity contribution in [1.82, 2.24) is 4.98 Å². The quantitative estimate of drug-likeness (QED) is 0.323. The van der Waals surface area contributed by atoms with E-state index < -0.39 is 16.9 Å². The van der Waals surface area contributed by atoms with E-state index in [1.807, 2.05) is 0 Å². The molecule has 0 fully saturated rings. The Kier molecular flexibility index (Phi) is 4.38. The van der Waals surface area contributed by atoms with Crippen LogP contribution in [-0.4, -0.2) is 15.8 Å². The van der Waals surface area contributed by atoms with Crippen LogP contribution in [0.1, 0.15) is 33.3 Å². The summed E-state index contributed by atoms with van der Waals surface area (Å²) in [4.78, 5) is 43.0. The van der Waals surface area contributed by atoms with Gasteiger partial charge in [-0.3, -0.25) is 24.6 Å². The smallest absolute Gasteiger partial charge is 0.297 e. The number of nitro benzene ring substituents is 1. The fraction of sp³-hybridized carbons (Fsp3) is 0.0952. The van der Waals surface area contributed by atoms with E-state index in [9.17, 15) is 19.7 Å². The number of amides is 1. The fourth-order valence-electron chi connectivity index (χ4n) is 3.72. The third kappa shape index (κ3) is 2.93. The maximum atomic E-state index is 13.5. The minimum atomic E-state index is -0.838. The molecule has 0 spiro atoms. The Morgan fingerprint density at radius 2 is 1.97 bits per heavy atom. The number of nitrogens with zero attached hydrogens (tertiary/aromatic N) is 3. The second-order valence-electron chi connectivity index (χ2n) is 7.01. The lowest BCUT2D eigenvalue weighted by Crippen LogP contribution is -2.29. The molecule has 0 saturated heterocycles. The zero-order chi connectivity index (χ0) is 21.9. The van der Waals surface area contributed by atoms with Crippen molar-refractivity contribution in [2.24, 2.45) is 0 Å². The van der Waals surface area contributed by atoms with Crippen molar-refractivity contribution in [3.63, 3.8) is 0 Å². The number of benzene rings is 2. The largest absolute Gasteiger partial charge is 0.450 e. The lowest BCUT2D eigenvalue weighted by Gasteiger charge is -2.22. The van der Waals surface area contributed by atoms with E-state index in [4.69, 9.17) is 16.0 Å². The van der Waals surface area contributed by atoms with Crippen molar-refractivity contribution < 1.29 is 14.1 Å². The second-order valence-corrected chi connectivity index (χ2v) is 8.29. The van der Waals surface area contributed by atoms with Crippen LogP contribution in [0.2, 0.25) is 5.02 Å². The lowest BCUT2D eigenvalue weighted by atomic mass is 9.98. The summed E-state index contributed by atoms with van der Waals surface area (Å²) in [7, 11) is 0. The van der Waals surface area contributed by atoms with Crippen LogP contribution in [0.5, 0.6) is 0 Å². The van der Waals surface area contributed by atoms with Gasteiger partial charge in [-0.05, 0) is 42.3 Å². The first kappa shape index (κ1) is 19.4. The first-order valence-corrected chi connectivity index (χ1v) is 10.4. The molecule has 1 aliphatic rings. The molecule has 1 aliphatic heterocycles. The number of rotatable bonds is 3. The van der Waals surface area contributed by atoms with E-state index in [2.05, 4.69) is 4.98 Å². The molecule has 0 radical (unpaired) electrons. The number of thiazole rings is 1. The van der Waals surface area contributed by atoms with E-state index in [0.29, 0.717) is 21.3 Å². The summed E-state index contributed by atoms with van der Waals surface area (Å²) in [6, 6.07) is 8.04. The molecule has 3 heterocycles. The molecule has 0 saturated carbocycles. The average molecular weight is 454 g/mol. The number of halogens is 1. The summed E-state index contributed by atoms with van der Waals surface area (Å²) in [6.45, 7) is 1.78. The van der Waals surface area contributed by atoms with Gasteiger partial charge in [0.05, 0.1) is 21.9 Å². The van der Waals surface area contributed by atoms with Crippen LogP contribution in [0.3, 0.4) is 0 Å². The van der Waals surface area contributed by atoms with Crippen LogP contribution in [0.15, 0.2) is 57.2 Å². The predicted octanol–water partition coefficient (Wildman–Crippen LogP) is 4.87. The Bertz CT molecular complexity index is 1430. The number of fused-ring (bicyclic) bond motifs is 2. The number of hydrogen-bond donors (Lipinski definition) is 0. The minimum Gasteiger partial charge on any atom is -0.450 e. The number of carbonyl (C=O) groups excluding carboxylic acids is 1. The standard InChI is InChI=1S/C21H12ClN3O5S/c1-10-8-15-13(9-14(10)22)18(26)16-17(11-2-4-12(5-3-11)25(28)29)24(20(27)19(16)30-15)21-23-6-7-31-21/h2-9,17H,1H3. The van der Waals surface area contributed by atoms with E-state index >= 15 is 0 Å². The maximum Gasteiger partial charge on any atom is 0.297 e. The monoisotopic (exact) mass is 453 g/mol. The Balaban J connectivity index is 1.80. The van der Waals surface area contributed by atoms with Gasteiger partial charge < -0.3 is 4.42 Å². The molecule has 0 bridgehead atoms. The molecule has 1 unspecified atom stereocenters. The molecule has 10 heteroatoms. The van der Waals surface area contributed by atoms with Crippen molar-refractivity contribution in [2.75, 3.05) is 4.90 Å². The third-order valence-corrected chi connectivity index (χ3v) is 6.37. The van der Waals surface area contributed by atoms with Gasteiger partial charge in [-0.25, -0.2) is 4.98 Å². The van der Waals surface area contributed by atoms with E-state index in [-0.39, 0.29) is 33.4 Å². The minimum absolute atomic E-state index is 0.0715. The van der Waals surface area contributed by atoms with Crippen LogP contribution < -0.4 is 10.3 Å². The highest BCUT2D eigenvalue weighted by Gasteiger charge is 2.44. The van der Waals surface area contributed by atoms with Gasteiger partial charge in [0, 0.05) is 28.7 Å². The summed E-state index contributed by atoms with van der Waals surface area (Å²) in [5, 5.41) is 13.8. The van der Waals surface area contributed by atoms with E-state index in [1.54, 1.807) is 24.6 Å². The predicted molar refractivity (Wildman–Crippen MR) is 116 cm³/mol. The maximum absolute atomic E-state index is 13.5. The van der Waals surface area contributed by atoms with Crippen LogP contribution in [0.4, 0.5) is 10.8 Å². The molecule has 8 nitrogen and oxygen atoms in total. The summed E-state index contributed by atoms with van der Waals surface area (Å²) in [5.41, 5.74) is 1.18. The topological polar surface area (TPSA) is 107 Å². The summed E-state index contributed by atoms with van der Waals surface area (Å²) in [6.07, 6.45) is 1.55. The average Bonchev–Trinajstić information content (AvgIpc) is 3.36. The molecule has 5 rings (SSSR count). The summed E-state index contributed by atoms with van der Waals surface area (Å²) < 4.78 is 5.89. The SMILES string of the molecule is Cc1cc2oc3c(c(=O)c2cc1Cl)C(c1ccc([N+](=O)[O-])cc1)N(c1nccs1)C3=O. The zero-order valence-corrected chi connectivity index (χ0v) is 17.4.